The number of carbonyl (C=O) groups excluding carboxylic acids is 1. The van der Waals surface area contributed by atoms with Gasteiger partial charge in [-0.3, -0.25) is 9.59 Å². The fourth-order valence-electron chi connectivity index (χ4n) is 0.630. The Hall–Kier alpha value is -1.10. The molecular weight excluding hydrogens is 224 g/mol. The van der Waals surface area contributed by atoms with Gasteiger partial charge in [-0.2, -0.15) is 0 Å². The van der Waals surface area contributed by atoms with Gasteiger partial charge in [0.25, 0.3) is 0 Å². The van der Waals surface area contributed by atoms with Crippen LogP contribution in [0.2, 0.25) is 0 Å². The molecule has 0 saturated carbocycles. The summed E-state index contributed by atoms with van der Waals surface area (Å²) in [5, 5.41) is 16.5. The molecule has 0 rings (SSSR count). The highest BCUT2D eigenvalue weighted by atomic mass is 16.5. The quantitative estimate of drug-likeness (QED) is 0.699. The van der Waals surface area contributed by atoms with Crippen LogP contribution in [0.4, 0.5) is 0 Å². The highest BCUT2D eigenvalue weighted by Gasteiger charge is 2.10. The summed E-state index contributed by atoms with van der Waals surface area (Å²) in [5.74, 6) is -1.16. The number of ether oxygens (including phenoxy) is 1. The van der Waals surface area contributed by atoms with Crippen LogP contribution in [0.3, 0.4) is 0 Å². The lowest BCUT2D eigenvalue weighted by Crippen LogP contribution is -2.15. The van der Waals surface area contributed by atoms with E-state index in [2.05, 4.69) is 4.74 Å². The van der Waals surface area contributed by atoms with Crippen molar-refractivity contribution < 1.29 is 24.5 Å². The molecule has 0 amide bonds. The van der Waals surface area contributed by atoms with Crippen molar-refractivity contribution in [1.82, 2.24) is 0 Å². The molecule has 0 bridgehead atoms. The molecule has 0 aliphatic heterocycles. The molecule has 0 radical (unpaired) electrons. The smallest absolute Gasteiger partial charge is 0.308 e. The van der Waals surface area contributed by atoms with Gasteiger partial charge in [0.1, 0.15) is 6.61 Å². The summed E-state index contributed by atoms with van der Waals surface area (Å²) >= 11 is 0. The minimum atomic E-state index is -0.706. The topological polar surface area (TPSA) is 83.8 Å². The van der Waals surface area contributed by atoms with Gasteiger partial charge in [-0.15, -0.1) is 0 Å². The van der Waals surface area contributed by atoms with Crippen molar-refractivity contribution in [1.29, 1.82) is 0 Å². The molecule has 0 aliphatic rings. The maximum absolute atomic E-state index is 10.8. The van der Waals surface area contributed by atoms with Gasteiger partial charge in [0.2, 0.25) is 0 Å². The zero-order valence-corrected chi connectivity index (χ0v) is 11.1. The minimum Gasteiger partial charge on any atom is -0.481 e. The Morgan fingerprint density at radius 2 is 1.59 bits per heavy atom. The molecule has 2 N–H and O–H groups in total. The van der Waals surface area contributed by atoms with E-state index >= 15 is 0 Å². The van der Waals surface area contributed by atoms with Gasteiger partial charge in [-0.25, -0.2) is 0 Å². The number of carboxylic acid groups (broad SMARTS) is 1. The molecule has 102 valence electrons. The summed E-state index contributed by atoms with van der Waals surface area (Å²) in [4.78, 5) is 20.7. The molecule has 0 aliphatic carbocycles. The van der Waals surface area contributed by atoms with E-state index in [1.54, 1.807) is 13.8 Å². The Bertz CT molecular complexity index is 215. The van der Waals surface area contributed by atoms with Gasteiger partial charge < -0.3 is 14.9 Å². The molecule has 2 atom stereocenters. The third kappa shape index (κ3) is 11.2. The second-order valence-electron chi connectivity index (χ2n) is 3.85. The SMILES string of the molecule is CCC(C)C(=O)O.CCC(C)C(=O)OCCO. The monoisotopic (exact) mass is 248 g/mol. The van der Waals surface area contributed by atoms with Crippen LogP contribution in [0.5, 0.6) is 0 Å². The highest BCUT2D eigenvalue weighted by molar-refractivity contribution is 5.71. The lowest BCUT2D eigenvalue weighted by molar-refractivity contribution is -0.149. The first kappa shape index (κ1) is 18.3. The number of carbonyl (C=O) groups is 2. The van der Waals surface area contributed by atoms with Gasteiger partial charge in [0, 0.05) is 0 Å². The zero-order chi connectivity index (χ0) is 13.8. The molecule has 5 nitrogen and oxygen atoms in total. The van der Waals surface area contributed by atoms with E-state index in [1.165, 1.54) is 0 Å². The van der Waals surface area contributed by atoms with Crippen LogP contribution in [-0.4, -0.2) is 35.4 Å². The fourth-order valence-corrected chi connectivity index (χ4v) is 0.630. The van der Waals surface area contributed by atoms with E-state index in [1.807, 2.05) is 13.8 Å². The predicted molar refractivity (Wildman–Crippen MR) is 64.6 cm³/mol. The Morgan fingerprint density at radius 1 is 1.12 bits per heavy atom. The molecule has 0 aromatic rings. The normalized spacial score (nSPS) is 13.0. The van der Waals surface area contributed by atoms with E-state index in [9.17, 15) is 9.59 Å². The Kier molecular flexibility index (Phi) is 12.2. The van der Waals surface area contributed by atoms with E-state index in [-0.39, 0.29) is 31.0 Å². The second kappa shape index (κ2) is 11.4. The van der Waals surface area contributed by atoms with Crippen molar-refractivity contribution in [2.45, 2.75) is 40.5 Å². The minimum absolute atomic E-state index is 0.0495. The first-order valence-corrected chi connectivity index (χ1v) is 5.90. The molecule has 0 heterocycles. The molecular formula is C12H24O5. The lowest BCUT2D eigenvalue weighted by atomic mass is 10.1. The lowest BCUT2D eigenvalue weighted by Gasteiger charge is -2.06. The van der Waals surface area contributed by atoms with Gasteiger partial charge in [0.15, 0.2) is 0 Å². The van der Waals surface area contributed by atoms with Crippen molar-refractivity contribution >= 4 is 11.9 Å². The van der Waals surface area contributed by atoms with Crippen LogP contribution in [-0.2, 0) is 14.3 Å². The average molecular weight is 248 g/mol. The zero-order valence-electron chi connectivity index (χ0n) is 11.1. The summed E-state index contributed by atoms with van der Waals surface area (Å²) in [6.07, 6.45) is 1.50. The number of esters is 1. The van der Waals surface area contributed by atoms with Crippen LogP contribution in [0.15, 0.2) is 0 Å². The average Bonchev–Trinajstić information content (AvgIpc) is 2.34. The standard InChI is InChI=1S/C7H14O3.C5H10O2/c1-3-6(2)7(9)10-5-4-8;1-3-4(2)5(6)7/h6,8H,3-5H2,1-2H3;4H,3H2,1-2H3,(H,6,7). The Labute approximate surface area is 103 Å². The number of hydrogen-bond donors (Lipinski definition) is 2. The number of carboxylic acids is 1. The van der Waals surface area contributed by atoms with Crippen LogP contribution in [0.25, 0.3) is 0 Å². The van der Waals surface area contributed by atoms with Crippen LogP contribution >= 0.6 is 0 Å². The van der Waals surface area contributed by atoms with Gasteiger partial charge >= 0.3 is 11.9 Å². The Morgan fingerprint density at radius 3 is 1.82 bits per heavy atom. The van der Waals surface area contributed by atoms with E-state index in [4.69, 9.17) is 10.2 Å². The van der Waals surface area contributed by atoms with Crippen molar-refractivity contribution in [3.8, 4) is 0 Å². The second-order valence-corrected chi connectivity index (χ2v) is 3.85. The number of hydrogen-bond acceptors (Lipinski definition) is 4. The van der Waals surface area contributed by atoms with Crippen LogP contribution in [0, 0.1) is 11.8 Å². The van der Waals surface area contributed by atoms with Crippen LogP contribution in [0.1, 0.15) is 40.5 Å². The fraction of sp³-hybridized carbons (Fsp3) is 0.833. The largest absolute Gasteiger partial charge is 0.481 e. The summed E-state index contributed by atoms with van der Waals surface area (Å²) in [6, 6.07) is 0. The molecule has 2 unspecified atom stereocenters. The first-order valence-electron chi connectivity index (χ1n) is 5.90. The number of rotatable bonds is 6. The molecule has 17 heavy (non-hydrogen) atoms. The third-order valence-electron chi connectivity index (χ3n) is 2.38. The number of aliphatic carboxylic acids is 1. The van der Waals surface area contributed by atoms with E-state index in [0.717, 1.165) is 12.8 Å². The van der Waals surface area contributed by atoms with Gasteiger partial charge in [-0.1, -0.05) is 27.7 Å². The molecule has 0 saturated heterocycles. The molecule has 0 aromatic carbocycles. The molecule has 0 fully saturated rings. The predicted octanol–water partition coefficient (Wildman–Crippen LogP) is 1.69. The molecule has 0 aromatic heterocycles. The maximum atomic E-state index is 10.8. The van der Waals surface area contributed by atoms with Gasteiger partial charge in [0.05, 0.1) is 18.4 Å². The van der Waals surface area contributed by atoms with Gasteiger partial charge in [-0.05, 0) is 12.8 Å². The summed E-state index contributed by atoms with van der Waals surface area (Å²) in [6.45, 7) is 7.30. The Balaban J connectivity index is 0. The highest BCUT2D eigenvalue weighted by Crippen LogP contribution is 2.02. The summed E-state index contributed by atoms with van der Waals surface area (Å²) < 4.78 is 4.65. The van der Waals surface area contributed by atoms with E-state index < -0.39 is 5.97 Å². The third-order valence-corrected chi connectivity index (χ3v) is 2.38. The number of aliphatic hydroxyl groups excluding tert-OH is 1. The van der Waals surface area contributed by atoms with Crippen molar-refractivity contribution in [3.63, 3.8) is 0 Å². The summed E-state index contributed by atoms with van der Waals surface area (Å²) in [7, 11) is 0. The van der Waals surface area contributed by atoms with E-state index in [0.29, 0.717) is 0 Å². The van der Waals surface area contributed by atoms with Crippen molar-refractivity contribution in [2.24, 2.45) is 11.8 Å². The number of aliphatic hydroxyl groups is 1. The van der Waals surface area contributed by atoms with Crippen LogP contribution < -0.4 is 0 Å². The van der Waals surface area contributed by atoms with Crippen molar-refractivity contribution in [3.05, 3.63) is 0 Å². The molecule has 0 spiro atoms. The van der Waals surface area contributed by atoms with Crippen molar-refractivity contribution in [2.75, 3.05) is 13.2 Å². The first-order chi connectivity index (χ1) is 7.90. The maximum Gasteiger partial charge on any atom is 0.308 e. The molecule has 5 heteroatoms. The summed E-state index contributed by atoms with van der Waals surface area (Å²) in [5.41, 5.74) is 0.